The lowest BCUT2D eigenvalue weighted by atomic mass is 10.3. The summed E-state index contributed by atoms with van der Waals surface area (Å²) in [5.41, 5.74) is 6.78. The highest BCUT2D eigenvalue weighted by Gasteiger charge is 2.18. The van der Waals surface area contributed by atoms with E-state index in [4.69, 9.17) is 33.5 Å². The number of nitrogen functional groups attached to an aromatic ring is 1. The molecule has 20 heavy (non-hydrogen) atoms. The first-order valence-electron chi connectivity index (χ1n) is 5.49. The maximum Gasteiger partial charge on any atom is 0.263 e. The maximum atomic E-state index is 6.04. The van der Waals surface area contributed by atoms with E-state index < -0.39 is 0 Å². The number of hydrogen-bond acceptors (Lipinski definition) is 6. The highest BCUT2D eigenvalue weighted by Crippen LogP contribution is 2.29. The van der Waals surface area contributed by atoms with Crippen LogP contribution >= 0.6 is 23.2 Å². The molecule has 0 aliphatic heterocycles. The number of anilines is 1. The van der Waals surface area contributed by atoms with E-state index in [2.05, 4.69) is 20.2 Å². The third-order valence-corrected chi connectivity index (χ3v) is 3.16. The van der Waals surface area contributed by atoms with Crippen LogP contribution in [0.25, 0.3) is 23.0 Å². The van der Waals surface area contributed by atoms with E-state index in [-0.39, 0.29) is 11.7 Å². The van der Waals surface area contributed by atoms with E-state index in [1.165, 1.54) is 10.9 Å². The molecule has 102 valence electrons. The Balaban J connectivity index is 2.04. The Morgan fingerprint density at radius 3 is 2.75 bits per heavy atom. The van der Waals surface area contributed by atoms with Crippen molar-refractivity contribution in [1.82, 2.24) is 24.9 Å². The Labute approximate surface area is 123 Å². The van der Waals surface area contributed by atoms with Gasteiger partial charge in [-0.15, -0.1) is 0 Å². The van der Waals surface area contributed by atoms with Crippen LogP contribution in [0.3, 0.4) is 0 Å². The van der Waals surface area contributed by atoms with E-state index in [1.54, 1.807) is 19.3 Å². The molecule has 0 saturated heterocycles. The molecule has 7 nitrogen and oxygen atoms in total. The summed E-state index contributed by atoms with van der Waals surface area (Å²) in [4.78, 5) is 8.30. The van der Waals surface area contributed by atoms with Crippen molar-refractivity contribution in [3.8, 4) is 23.0 Å². The van der Waals surface area contributed by atoms with Crippen LogP contribution in [0.5, 0.6) is 0 Å². The molecular weight excluding hydrogens is 303 g/mol. The quantitative estimate of drug-likeness (QED) is 0.781. The molecule has 0 bridgehead atoms. The summed E-state index contributed by atoms with van der Waals surface area (Å²) in [5, 5.41) is 8.61. The van der Waals surface area contributed by atoms with Gasteiger partial charge in [-0.1, -0.05) is 28.4 Å². The summed E-state index contributed by atoms with van der Waals surface area (Å²) in [5.74, 6) is 0.929. The Hall–Kier alpha value is -2.12. The van der Waals surface area contributed by atoms with Crippen LogP contribution in [-0.2, 0) is 7.05 Å². The topological polar surface area (TPSA) is 95.6 Å². The van der Waals surface area contributed by atoms with Crippen molar-refractivity contribution in [1.29, 1.82) is 0 Å². The van der Waals surface area contributed by atoms with Gasteiger partial charge in [-0.05, 0) is 6.07 Å². The van der Waals surface area contributed by atoms with Crippen LogP contribution in [0.4, 0.5) is 5.82 Å². The number of halogens is 2. The molecule has 2 N–H and O–H groups in total. The van der Waals surface area contributed by atoms with E-state index in [9.17, 15) is 0 Å². The second-order valence-electron chi connectivity index (χ2n) is 3.97. The fraction of sp³-hybridized carbons (Fsp3) is 0.0909. The third-order valence-electron chi connectivity index (χ3n) is 2.66. The zero-order valence-electron chi connectivity index (χ0n) is 10.2. The van der Waals surface area contributed by atoms with E-state index in [1.807, 2.05) is 0 Å². The van der Waals surface area contributed by atoms with Gasteiger partial charge in [-0.3, -0.25) is 4.68 Å². The van der Waals surface area contributed by atoms with Crippen LogP contribution in [0.15, 0.2) is 23.0 Å². The molecule has 0 aliphatic rings. The van der Waals surface area contributed by atoms with Gasteiger partial charge in [0, 0.05) is 13.2 Å². The average molecular weight is 311 g/mol. The number of nitrogens with two attached hydrogens (primary N) is 1. The van der Waals surface area contributed by atoms with Gasteiger partial charge in [0.1, 0.15) is 17.1 Å². The van der Waals surface area contributed by atoms with E-state index in [0.29, 0.717) is 27.1 Å². The number of hydrogen-bond donors (Lipinski definition) is 1. The molecule has 0 amide bonds. The van der Waals surface area contributed by atoms with Crippen molar-refractivity contribution in [2.75, 3.05) is 5.73 Å². The predicted molar refractivity (Wildman–Crippen MR) is 74.2 cm³/mol. The fourth-order valence-electron chi connectivity index (χ4n) is 1.62. The normalized spacial score (nSPS) is 10.9. The molecule has 9 heteroatoms. The Bertz CT molecular complexity index is 781. The number of nitrogens with zero attached hydrogens (tertiary/aromatic N) is 5. The predicted octanol–water partition coefficient (Wildman–Crippen LogP) is 2.42. The summed E-state index contributed by atoms with van der Waals surface area (Å²) in [6.07, 6.45) is 3.00. The molecule has 0 radical (unpaired) electrons. The lowest BCUT2D eigenvalue weighted by molar-refractivity contribution is 0.432. The fourth-order valence-corrected chi connectivity index (χ4v) is 2.08. The Kier molecular flexibility index (Phi) is 3.07. The maximum absolute atomic E-state index is 6.04. The molecule has 3 rings (SSSR count). The number of aromatic nitrogens is 5. The highest BCUT2D eigenvalue weighted by atomic mass is 35.5. The minimum Gasteiger partial charge on any atom is -0.383 e. The van der Waals surface area contributed by atoms with Crippen LogP contribution in [0.1, 0.15) is 0 Å². The minimum atomic E-state index is 0.249. The molecule has 3 aromatic heterocycles. The number of aryl methyl sites for hydroxylation is 1. The first-order chi connectivity index (χ1) is 9.56. The monoisotopic (exact) mass is 310 g/mol. The molecular formula is C11H8Cl2N6O. The van der Waals surface area contributed by atoms with Crippen molar-refractivity contribution in [3.05, 3.63) is 28.5 Å². The van der Waals surface area contributed by atoms with Crippen molar-refractivity contribution in [3.63, 3.8) is 0 Å². The molecule has 0 aromatic carbocycles. The Morgan fingerprint density at radius 2 is 2.10 bits per heavy atom. The molecule has 0 atom stereocenters. The summed E-state index contributed by atoms with van der Waals surface area (Å²) in [6.45, 7) is 0. The van der Waals surface area contributed by atoms with Crippen molar-refractivity contribution in [2.24, 2.45) is 7.05 Å². The smallest absolute Gasteiger partial charge is 0.263 e. The van der Waals surface area contributed by atoms with Crippen molar-refractivity contribution >= 4 is 29.0 Å². The first kappa shape index (κ1) is 12.9. The van der Waals surface area contributed by atoms with Crippen molar-refractivity contribution in [2.45, 2.75) is 0 Å². The van der Waals surface area contributed by atoms with Gasteiger partial charge in [0.25, 0.3) is 5.89 Å². The molecule has 3 heterocycles. The zero-order valence-corrected chi connectivity index (χ0v) is 11.7. The van der Waals surface area contributed by atoms with Gasteiger partial charge in [-0.25, -0.2) is 4.98 Å². The van der Waals surface area contributed by atoms with Gasteiger partial charge >= 0.3 is 0 Å². The molecule has 0 saturated carbocycles. The zero-order chi connectivity index (χ0) is 14.3. The molecule has 0 aliphatic carbocycles. The third kappa shape index (κ3) is 2.10. The highest BCUT2D eigenvalue weighted by molar-refractivity contribution is 6.35. The lowest BCUT2D eigenvalue weighted by Gasteiger charge is -1.97. The van der Waals surface area contributed by atoms with Crippen LogP contribution in [0.2, 0.25) is 10.0 Å². The first-order valence-corrected chi connectivity index (χ1v) is 6.25. The van der Waals surface area contributed by atoms with Crippen molar-refractivity contribution < 1.29 is 4.52 Å². The molecule has 0 unspecified atom stereocenters. The van der Waals surface area contributed by atoms with Crippen LogP contribution in [-0.4, -0.2) is 24.9 Å². The number of rotatable bonds is 2. The Morgan fingerprint density at radius 1 is 1.30 bits per heavy atom. The standard InChI is InChI=1S/C11H8Cl2N6O/c1-19-9(14)6(4-16-19)11-17-10(18-20-11)8-7(13)2-5(12)3-15-8/h2-4H,14H2,1H3. The van der Waals surface area contributed by atoms with Gasteiger partial charge in [0.05, 0.1) is 16.2 Å². The molecule has 3 aromatic rings. The number of pyridine rings is 1. The summed E-state index contributed by atoms with van der Waals surface area (Å²) in [7, 11) is 1.72. The van der Waals surface area contributed by atoms with Gasteiger partial charge in [0.2, 0.25) is 5.82 Å². The van der Waals surface area contributed by atoms with Crippen LogP contribution in [0, 0.1) is 0 Å². The van der Waals surface area contributed by atoms with Gasteiger partial charge in [0.15, 0.2) is 0 Å². The van der Waals surface area contributed by atoms with E-state index in [0.717, 1.165) is 0 Å². The lowest BCUT2D eigenvalue weighted by Crippen LogP contribution is -1.98. The summed E-state index contributed by atoms with van der Waals surface area (Å²) in [6, 6.07) is 1.56. The molecule has 0 spiro atoms. The average Bonchev–Trinajstić information content (AvgIpc) is 2.98. The summed E-state index contributed by atoms with van der Waals surface area (Å²) < 4.78 is 6.67. The second kappa shape index (κ2) is 4.77. The molecule has 0 fully saturated rings. The van der Waals surface area contributed by atoms with Gasteiger partial charge < -0.3 is 10.3 Å². The van der Waals surface area contributed by atoms with Gasteiger partial charge in [-0.2, -0.15) is 10.1 Å². The van der Waals surface area contributed by atoms with E-state index >= 15 is 0 Å². The summed E-state index contributed by atoms with van der Waals surface area (Å²) >= 11 is 11.8. The van der Waals surface area contributed by atoms with Crippen LogP contribution < -0.4 is 5.73 Å². The SMILES string of the molecule is Cn1ncc(-c2nc(-c3ncc(Cl)cc3Cl)no2)c1N. The largest absolute Gasteiger partial charge is 0.383 e. The second-order valence-corrected chi connectivity index (χ2v) is 4.82. The minimum absolute atomic E-state index is 0.249.